The summed E-state index contributed by atoms with van der Waals surface area (Å²) in [5.74, 6) is 0.189. The number of carbonyl (C=O) groups excluding carboxylic acids is 1. The van der Waals surface area contributed by atoms with Gasteiger partial charge in [0.15, 0.2) is 0 Å². The van der Waals surface area contributed by atoms with Gasteiger partial charge in [0.05, 0.1) is 0 Å². The number of hydrogen-bond acceptors (Lipinski definition) is 1. The molecule has 0 saturated carbocycles. The molecule has 0 unspecified atom stereocenters. The Morgan fingerprint density at radius 2 is 1.27 bits per heavy atom. The van der Waals surface area contributed by atoms with Crippen molar-refractivity contribution in [1.82, 2.24) is 5.32 Å². The van der Waals surface area contributed by atoms with Crippen molar-refractivity contribution < 1.29 is 4.79 Å². The van der Waals surface area contributed by atoms with Crippen molar-refractivity contribution in [2.45, 2.75) is 125 Å². The number of nitrogens with one attached hydrogen (secondary N) is 1. The van der Waals surface area contributed by atoms with E-state index >= 15 is 0 Å². The first-order chi connectivity index (χ1) is 18.0. The lowest BCUT2D eigenvalue weighted by atomic mass is 10.0. The van der Waals surface area contributed by atoms with E-state index in [1.54, 1.807) is 0 Å². The van der Waals surface area contributed by atoms with Gasteiger partial charge < -0.3 is 5.32 Å². The van der Waals surface area contributed by atoms with Crippen LogP contribution in [0, 0.1) is 13.8 Å². The lowest BCUT2D eigenvalue weighted by Crippen LogP contribution is -2.24. The van der Waals surface area contributed by atoms with Gasteiger partial charge >= 0.3 is 0 Å². The second-order valence-corrected chi connectivity index (χ2v) is 10.4. The maximum atomic E-state index is 11.7. The van der Waals surface area contributed by atoms with E-state index in [4.69, 9.17) is 0 Å². The van der Waals surface area contributed by atoms with E-state index in [-0.39, 0.29) is 5.91 Å². The number of benzene rings is 2. The predicted molar refractivity (Wildman–Crippen MR) is 165 cm³/mol. The Kier molecular flexibility index (Phi) is 19.2. The normalized spacial score (nSPS) is 10.8. The highest BCUT2D eigenvalue weighted by atomic mass is 16.1. The third kappa shape index (κ3) is 16.2. The van der Waals surface area contributed by atoms with Crippen LogP contribution in [0.25, 0.3) is 12.2 Å². The van der Waals surface area contributed by atoms with Crippen molar-refractivity contribution in [3.05, 3.63) is 70.3 Å². The molecular formula is C35H55NO. The zero-order valence-corrected chi connectivity index (χ0v) is 24.7. The van der Waals surface area contributed by atoms with Crippen LogP contribution in [0.5, 0.6) is 0 Å². The minimum atomic E-state index is 0.189. The Balaban J connectivity index is 0.000000580. The Labute approximate surface area is 229 Å². The summed E-state index contributed by atoms with van der Waals surface area (Å²) in [6.45, 7) is 11.8. The molecule has 2 heteroatoms. The number of unbranched alkanes of at least 4 members (excludes halogenated alkanes) is 9. The summed E-state index contributed by atoms with van der Waals surface area (Å²) >= 11 is 0. The highest BCUT2D eigenvalue weighted by Crippen LogP contribution is 2.18. The van der Waals surface area contributed by atoms with Gasteiger partial charge in [-0.3, -0.25) is 4.79 Å². The van der Waals surface area contributed by atoms with Gasteiger partial charge in [0, 0.05) is 13.0 Å². The molecular weight excluding hydrogens is 450 g/mol. The maximum Gasteiger partial charge on any atom is 0.219 e. The largest absolute Gasteiger partial charge is 0.356 e. The van der Waals surface area contributed by atoms with Crippen LogP contribution in [0.15, 0.2) is 42.5 Å². The highest BCUT2D eigenvalue weighted by Gasteiger charge is 2.01. The van der Waals surface area contributed by atoms with Gasteiger partial charge in [-0.05, 0) is 60.9 Å². The second-order valence-electron chi connectivity index (χ2n) is 10.4. The smallest absolute Gasteiger partial charge is 0.219 e. The first-order valence-corrected chi connectivity index (χ1v) is 15.1. The SMILES string of the molecule is CCCCCC(=O)NCCCc1cccc(/C=C/c2c(C)cccc2C)c1.CCCCCCCCCC. The minimum Gasteiger partial charge on any atom is -0.356 e. The van der Waals surface area contributed by atoms with Crippen LogP contribution in [-0.4, -0.2) is 12.5 Å². The molecule has 0 aliphatic heterocycles. The maximum absolute atomic E-state index is 11.7. The summed E-state index contributed by atoms with van der Waals surface area (Å²) in [7, 11) is 0. The molecule has 2 aromatic rings. The van der Waals surface area contributed by atoms with Gasteiger partial charge in [-0.15, -0.1) is 0 Å². The van der Waals surface area contributed by atoms with Gasteiger partial charge in [-0.1, -0.05) is 140 Å². The summed E-state index contributed by atoms with van der Waals surface area (Å²) in [4.78, 5) is 11.7. The van der Waals surface area contributed by atoms with Gasteiger partial charge in [0.1, 0.15) is 0 Å². The molecule has 37 heavy (non-hydrogen) atoms. The third-order valence-electron chi connectivity index (χ3n) is 6.86. The van der Waals surface area contributed by atoms with E-state index in [1.165, 1.54) is 79.2 Å². The van der Waals surface area contributed by atoms with E-state index < -0.39 is 0 Å². The first-order valence-electron chi connectivity index (χ1n) is 15.1. The van der Waals surface area contributed by atoms with Crippen LogP contribution in [-0.2, 0) is 11.2 Å². The Hall–Kier alpha value is -2.35. The van der Waals surface area contributed by atoms with Gasteiger partial charge in [-0.25, -0.2) is 0 Å². The average molecular weight is 506 g/mol. The molecule has 2 rings (SSSR count). The van der Waals surface area contributed by atoms with Crippen molar-refractivity contribution in [1.29, 1.82) is 0 Å². The van der Waals surface area contributed by atoms with Crippen LogP contribution in [0.2, 0.25) is 0 Å². The topological polar surface area (TPSA) is 29.1 Å². The number of hydrogen-bond donors (Lipinski definition) is 1. The first kappa shape index (κ1) is 32.7. The molecule has 0 aromatic heterocycles. The van der Waals surface area contributed by atoms with E-state index in [0.717, 1.165) is 38.6 Å². The van der Waals surface area contributed by atoms with Crippen LogP contribution in [0.3, 0.4) is 0 Å². The molecule has 2 nitrogen and oxygen atoms in total. The zero-order chi connectivity index (χ0) is 27.1. The van der Waals surface area contributed by atoms with Crippen molar-refractivity contribution >= 4 is 18.1 Å². The van der Waals surface area contributed by atoms with E-state index in [9.17, 15) is 4.79 Å². The van der Waals surface area contributed by atoms with E-state index in [1.807, 2.05) is 0 Å². The van der Waals surface area contributed by atoms with Crippen molar-refractivity contribution in [2.24, 2.45) is 0 Å². The van der Waals surface area contributed by atoms with Crippen LogP contribution < -0.4 is 5.32 Å². The van der Waals surface area contributed by atoms with Gasteiger partial charge in [0.25, 0.3) is 0 Å². The third-order valence-corrected chi connectivity index (χ3v) is 6.86. The van der Waals surface area contributed by atoms with Crippen molar-refractivity contribution in [3.63, 3.8) is 0 Å². The Morgan fingerprint density at radius 3 is 1.89 bits per heavy atom. The van der Waals surface area contributed by atoms with Crippen molar-refractivity contribution in [3.8, 4) is 0 Å². The number of amides is 1. The van der Waals surface area contributed by atoms with Gasteiger partial charge in [-0.2, -0.15) is 0 Å². The van der Waals surface area contributed by atoms with Gasteiger partial charge in [0.2, 0.25) is 5.91 Å². The molecule has 0 heterocycles. The quantitative estimate of drug-likeness (QED) is 0.168. The molecule has 0 aliphatic carbocycles. The second kappa shape index (κ2) is 21.7. The predicted octanol–water partition coefficient (Wildman–Crippen LogP) is 10.2. The van der Waals surface area contributed by atoms with E-state index in [0.29, 0.717) is 6.42 Å². The minimum absolute atomic E-state index is 0.189. The summed E-state index contributed by atoms with van der Waals surface area (Å²) in [5.41, 5.74) is 6.44. The number of aryl methyl sites for hydroxylation is 3. The fourth-order valence-corrected chi connectivity index (χ4v) is 4.47. The Morgan fingerprint density at radius 1 is 0.703 bits per heavy atom. The van der Waals surface area contributed by atoms with Crippen LogP contribution >= 0.6 is 0 Å². The van der Waals surface area contributed by atoms with Crippen LogP contribution in [0.1, 0.15) is 132 Å². The molecule has 1 N–H and O–H groups in total. The Bertz CT molecular complexity index is 854. The lowest BCUT2D eigenvalue weighted by Gasteiger charge is -2.07. The summed E-state index contributed by atoms with van der Waals surface area (Å²) in [6, 6.07) is 15.1. The zero-order valence-electron chi connectivity index (χ0n) is 24.7. The van der Waals surface area contributed by atoms with Crippen LogP contribution in [0.4, 0.5) is 0 Å². The monoisotopic (exact) mass is 505 g/mol. The fraction of sp³-hybridized carbons (Fsp3) is 0.571. The molecule has 0 aliphatic rings. The standard InChI is InChI=1S/C25H33NO.C10H22/c1-4-5-6-15-25(27)26-18-9-14-22-12-8-13-23(19-22)16-17-24-20(2)10-7-11-21(24)3;1-3-5-7-9-10-8-6-4-2/h7-8,10-13,16-17,19H,4-6,9,14-15,18H2,1-3H3,(H,26,27);3-10H2,1-2H3/b17-16+;. The molecule has 0 fully saturated rings. The summed E-state index contributed by atoms with van der Waals surface area (Å²) in [6.07, 6.45) is 21.8. The molecule has 206 valence electrons. The number of carbonyl (C=O) groups is 1. The molecule has 2 aromatic carbocycles. The molecule has 0 radical (unpaired) electrons. The molecule has 0 spiro atoms. The summed E-state index contributed by atoms with van der Waals surface area (Å²) < 4.78 is 0. The highest BCUT2D eigenvalue weighted by molar-refractivity contribution is 5.75. The fourth-order valence-electron chi connectivity index (χ4n) is 4.47. The summed E-state index contributed by atoms with van der Waals surface area (Å²) in [5, 5.41) is 3.03. The molecule has 0 bridgehead atoms. The molecule has 0 saturated heterocycles. The van der Waals surface area contributed by atoms with Crippen molar-refractivity contribution in [2.75, 3.05) is 6.54 Å². The molecule has 1 amide bonds. The average Bonchev–Trinajstić information content (AvgIpc) is 2.89. The lowest BCUT2D eigenvalue weighted by molar-refractivity contribution is -0.121. The molecule has 0 atom stereocenters. The van der Waals surface area contributed by atoms with E-state index in [2.05, 4.69) is 94.6 Å². The number of rotatable bonds is 17.